The fourth-order valence-corrected chi connectivity index (χ4v) is 5.61. The second-order valence-electron chi connectivity index (χ2n) is 10.3. The molecule has 0 spiro atoms. The van der Waals surface area contributed by atoms with Crippen LogP contribution in [0.25, 0.3) is 0 Å². The van der Waals surface area contributed by atoms with Crippen molar-refractivity contribution in [3.05, 3.63) is 53.1 Å². The number of halogens is 3. The SMILES string of the molecule is O=C1CCC(N2C(=O)c3cccc(NCC4=CCC(CN5CCC(C(F)(F)F)CC5)C=C4)c3C2=O)C(=O)N1. The third kappa shape index (κ3) is 5.24. The Morgan fingerprint density at radius 3 is 2.45 bits per heavy atom. The van der Waals surface area contributed by atoms with E-state index in [1.807, 2.05) is 6.08 Å². The monoisotopic (exact) mass is 530 g/mol. The topological polar surface area (TPSA) is 98.8 Å². The largest absolute Gasteiger partial charge is 0.391 e. The molecule has 0 bridgehead atoms. The van der Waals surface area contributed by atoms with Crippen LogP contribution in [-0.2, 0) is 9.59 Å². The number of nitrogens with zero attached hydrogens (tertiary/aromatic N) is 2. The van der Waals surface area contributed by atoms with E-state index in [1.165, 1.54) is 0 Å². The van der Waals surface area contributed by atoms with E-state index in [4.69, 9.17) is 0 Å². The van der Waals surface area contributed by atoms with Crippen LogP contribution in [0.4, 0.5) is 18.9 Å². The molecule has 2 unspecified atom stereocenters. The van der Waals surface area contributed by atoms with Crippen molar-refractivity contribution in [1.29, 1.82) is 0 Å². The number of hydrogen-bond acceptors (Lipinski definition) is 6. The highest BCUT2D eigenvalue weighted by molar-refractivity contribution is 6.25. The van der Waals surface area contributed by atoms with Gasteiger partial charge >= 0.3 is 6.18 Å². The quantitative estimate of drug-likeness (QED) is 0.548. The molecule has 2 atom stereocenters. The normalized spacial score (nSPS) is 24.9. The maximum atomic E-state index is 13.2. The van der Waals surface area contributed by atoms with Crippen LogP contribution in [0.1, 0.15) is 52.8 Å². The number of carbonyl (C=O) groups excluding carboxylic acids is 4. The first-order valence-electron chi connectivity index (χ1n) is 12.9. The van der Waals surface area contributed by atoms with Crippen LogP contribution in [0.2, 0.25) is 0 Å². The maximum Gasteiger partial charge on any atom is 0.391 e. The van der Waals surface area contributed by atoms with Gasteiger partial charge < -0.3 is 10.2 Å². The van der Waals surface area contributed by atoms with Crippen molar-refractivity contribution in [3.63, 3.8) is 0 Å². The molecule has 0 saturated carbocycles. The Balaban J connectivity index is 1.17. The highest BCUT2D eigenvalue weighted by Gasteiger charge is 2.45. The molecular weight excluding hydrogens is 501 g/mol. The lowest BCUT2D eigenvalue weighted by atomic mass is 9.92. The summed E-state index contributed by atoms with van der Waals surface area (Å²) < 4.78 is 38.7. The van der Waals surface area contributed by atoms with Gasteiger partial charge in [0.1, 0.15) is 6.04 Å². The Hall–Kier alpha value is -3.47. The van der Waals surface area contributed by atoms with Gasteiger partial charge in [0, 0.05) is 25.2 Å². The zero-order valence-electron chi connectivity index (χ0n) is 20.7. The number of nitrogens with one attached hydrogen (secondary N) is 2. The van der Waals surface area contributed by atoms with E-state index in [-0.39, 0.29) is 42.7 Å². The van der Waals surface area contributed by atoms with Crippen LogP contribution in [0.3, 0.4) is 0 Å². The molecular formula is C27H29F3N4O4. The minimum absolute atomic E-state index is 0.0578. The van der Waals surface area contributed by atoms with Crippen molar-refractivity contribution >= 4 is 29.3 Å². The Morgan fingerprint density at radius 2 is 1.79 bits per heavy atom. The summed E-state index contributed by atoms with van der Waals surface area (Å²) in [7, 11) is 0. The van der Waals surface area contributed by atoms with Gasteiger partial charge in [0.2, 0.25) is 11.8 Å². The molecule has 5 rings (SSSR count). The fraction of sp³-hybridized carbons (Fsp3) is 0.481. The second-order valence-corrected chi connectivity index (χ2v) is 10.3. The predicted molar refractivity (Wildman–Crippen MR) is 132 cm³/mol. The lowest BCUT2D eigenvalue weighted by Crippen LogP contribution is -2.54. The molecule has 2 N–H and O–H groups in total. The number of alkyl halides is 3. The van der Waals surface area contributed by atoms with E-state index in [2.05, 4.69) is 27.7 Å². The van der Waals surface area contributed by atoms with Crippen LogP contribution in [0, 0.1) is 11.8 Å². The van der Waals surface area contributed by atoms with Crippen LogP contribution >= 0.6 is 0 Å². The maximum absolute atomic E-state index is 13.2. The molecule has 4 aliphatic rings. The van der Waals surface area contributed by atoms with E-state index in [1.54, 1.807) is 18.2 Å². The summed E-state index contributed by atoms with van der Waals surface area (Å²) in [6.45, 7) is 2.04. The molecule has 11 heteroatoms. The van der Waals surface area contributed by atoms with Crippen LogP contribution in [0.5, 0.6) is 0 Å². The van der Waals surface area contributed by atoms with Gasteiger partial charge in [-0.2, -0.15) is 13.2 Å². The number of likely N-dealkylation sites (tertiary alicyclic amines) is 1. The first kappa shape index (κ1) is 26.1. The van der Waals surface area contributed by atoms with E-state index < -0.39 is 41.8 Å². The second kappa shape index (κ2) is 10.4. The van der Waals surface area contributed by atoms with E-state index in [0.717, 1.165) is 23.4 Å². The summed E-state index contributed by atoms with van der Waals surface area (Å²) in [5.74, 6) is -3.17. The summed E-state index contributed by atoms with van der Waals surface area (Å²) in [6, 6.07) is 3.91. The molecule has 202 valence electrons. The van der Waals surface area contributed by atoms with Crippen molar-refractivity contribution in [2.75, 3.05) is 31.5 Å². The first-order chi connectivity index (χ1) is 18.1. The molecule has 38 heavy (non-hydrogen) atoms. The average Bonchev–Trinajstić information content (AvgIpc) is 3.14. The van der Waals surface area contributed by atoms with Crippen LogP contribution in [-0.4, -0.2) is 71.8 Å². The van der Waals surface area contributed by atoms with Gasteiger partial charge in [-0.25, -0.2) is 0 Å². The van der Waals surface area contributed by atoms with E-state index >= 15 is 0 Å². The zero-order chi connectivity index (χ0) is 27.0. The minimum atomic E-state index is -4.11. The number of fused-ring (bicyclic) bond motifs is 1. The Bertz CT molecular complexity index is 1220. The molecule has 2 fully saturated rings. The van der Waals surface area contributed by atoms with Gasteiger partial charge in [-0.1, -0.05) is 24.3 Å². The summed E-state index contributed by atoms with van der Waals surface area (Å²) in [6.07, 6.45) is 3.23. The highest BCUT2D eigenvalue weighted by atomic mass is 19.4. The minimum Gasteiger partial charge on any atom is -0.380 e. The average molecular weight is 531 g/mol. The van der Waals surface area contributed by atoms with Gasteiger partial charge in [-0.05, 0) is 62.4 Å². The molecule has 3 heterocycles. The van der Waals surface area contributed by atoms with Crippen molar-refractivity contribution in [2.45, 2.75) is 44.3 Å². The summed E-state index contributed by atoms with van der Waals surface area (Å²) in [5, 5.41) is 5.42. The number of carbonyl (C=O) groups is 4. The summed E-state index contributed by atoms with van der Waals surface area (Å²) >= 11 is 0. The van der Waals surface area contributed by atoms with Gasteiger partial charge in [0.05, 0.1) is 17.0 Å². The summed E-state index contributed by atoms with van der Waals surface area (Å²) in [4.78, 5) is 53.0. The van der Waals surface area contributed by atoms with Crippen LogP contribution < -0.4 is 10.6 Å². The number of amides is 4. The summed E-state index contributed by atoms with van der Waals surface area (Å²) in [5.41, 5.74) is 1.91. The lowest BCUT2D eigenvalue weighted by Gasteiger charge is -2.34. The molecule has 0 aromatic heterocycles. The highest BCUT2D eigenvalue weighted by Crippen LogP contribution is 2.35. The number of anilines is 1. The van der Waals surface area contributed by atoms with E-state index in [9.17, 15) is 32.3 Å². The number of piperidine rings is 2. The van der Waals surface area contributed by atoms with Crippen molar-refractivity contribution < 1.29 is 32.3 Å². The number of benzene rings is 1. The number of hydrogen-bond donors (Lipinski definition) is 2. The molecule has 3 aliphatic heterocycles. The van der Waals surface area contributed by atoms with Gasteiger partial charge in [-0.3, -0.25) is 29.4 Å². The smallest absolute Gasteiger partial charge is 0.380 e. The van der Waals surface area contributed by atoms with Crippen molar-refractivity contribution in [3.8, 4) is 0 Å². The zero-order valence-corrected chi connectivity index (χ0v) is 20.7. The first-order valence-corrected chi connectivity index (χ1v) is 12.9. The molecule has 1 aromatic carbocycles. The molecule has 0 radical (unpaired) electrons. The molecule has 1 aliphatic carbocycles. The molecule has 8 nitrogen and oxygen atoms in total. The van der Waals surface area contributed by atoms with Crippen molar-refractivity contribution in [1.82, 2.24) is 15.1 Å². The molecule has 1 aromatic rings. The fourth-order valence-electron chi connectivity index (χ4n) is 5.61. The molecule has 4 amide bonds. The van der Waals surface area contributed by atoms with Gasteiger partial charge in [0.15, 0.2) is 0 Å². The standard InChI is InChI=1S/C27H29F3N4O4/c28-27(29,30)18-10-12-33(13-11-18)15-17-6-4-16(5-7-17)14-31-20-3-1-2-19-23(20)26(38)34(25(19)37)21-8-9-22(35)32-24(21)36/h1-6,17-18,21,31H,7-15H2,(H,32,35,36). The molecule has 2 saturated heterocycles. The Labute approximate surface area is 217 Å². The van der Waals surface area contributed by atoms with E-state index in [0.29, 0.717) is 25.3 Å². The lowest BCUT2D eigenvalue weighted by molar-refractivity contribution is -0.185. The predicted octanol–water partition coefficient (Wildman–Crippen LogP) is 3.28. The van der Waals surface area contributed by atoms with Crippen LogP contribution in [0.15, 0.2) is 42.0 Å². The Kier molecular flexibility index (Phi) is 7.13. The third-order valence-corrected chi connectivity index (χ3v) is 7.76. The van der Waals surface area contributed by atoms with Gasteiger partial charge in [0.25, 0.3) is 11.8 Å². The third-order valence-electron chi connectivity index (χ3n) is 7.76. The number of imide groups is 2. The number of allylic oxidation sites excluding steroid dienone is 1. The number of rotatable bonds is 6. The Morgan fingerprint density at radius 1 is 1.03 bits per heavy atom. The van der Waals surface area contributed by atoms with Gasteiger partial charge in [-0.15, -0.1) is 0 Å². The van der Waals surface area contributed by atoms with Crippen molar-refractivity contribution in [2.24, 2.45) is 11.8 Å².